The fourth-order valence-corrected chi connectivity index (χ4v) is 6.48. The van der Waals surface area contributed by atoms with Crippen LogP contribution < -0.4 is 21.7 Å². The molecule has 0 radical (unpaired) electrons. The number of allylic oxidation sites excluding steroid dienone is 1. The molecule has 51 heavy (non-hydrogen) atoms. The van der Waals surface area contributed by atoms with Gasteiger partial charge in [-0.05, 0) is 54.4 Å². The number of benzene rings is 1. The molecule has 0 aromatic heterocycles. The predicted molar refractivity (Wildman–Crippen MR) is 195 cm³/mol. The smallest absolute Gasteiger partial charge is 0.333 e. The van der Waals surface area contributed by atoms with Gasteiger partial charge in [0.2, 0.25) is 17.6 Å². The van der Waals surface area contributed by atoms with E-state index < -0.39 is 81.9 Å². The lowest BCUT2D eigenvalue weighted by molar-refractivity contribution is -0.149. The van der Waals surface area contributed by atoms with E-state index in [1.54, 1.807) is 39.8 Å². The van der Waals surface area contributed by atoms with Crippen LogP contribution in [-0.4, -0.2) is 76.0 Å². The third kappa shape index (κ3) is 12.8. The molecule has 282 valence electrons. The number of nitrogens with one attached hydrogen (secondary N) is 3. The van der Waals surface area contributed by atoms with Gasteiger partial charge in [-0.25, -0.2) is 9.59 Å². The van der Waals surface area contributed by atoms with E-state index >= 15 is 0 Å². The van der Waals surface area contributed by atoms with E-state index in [-0.39, 0.29) is 30.7 Å². The van der Waals surface area contributed by atoms with Crippen LogP contribution in [0.4, 0.5) is 4.79 Å². The number of alkyl halides is 2. The Labute approximate surface area is 310 Å². The number of ketones is 1. The van der Waals surface area contributed by atoms with Crippen molar-refractivity contribution in [2.24, 2.45) is 28.4 Å². The van der Waals surface area contributed by atoms with Crippen molar-refractivity contribution in [1.82, 2.24) is 20.9 Å². The van der Waals surface area contributed by atoms with Gasteiger partial charge in [-0.2, -0.15) is 0 Å². The molecule has 0 bridgehead atoms. The number of esters is 1. The number of hydrogen-bond donors (Lipinski definition) is 4. The molecular weight excluding hydrogens is 697 g/mol. The summed E-state index contributed by atoms with van der Waals surface area (Å²) in [6, 6.07) is 3.82. The normalized spacial score (nSPS) is 20.3. The summed E-state index contributed by atoms with van der Waals surface area (Å²) < 4.78 is 5.71. The van der Waals surface area contributed by atoms with E-state index in [4.69, 9.17) is 33.7 Å². The van der Waals surface area contributed by atoms with Gasteiger partial charge < -0.3 is 31.3 Å². The van der Waals surface area contributed by atoms with Crippen molar-refractivity contribution in [1.29, 1.82) is 0 Å². The van der Waals surface area contributed by atoms with Crippen LogP contribution in [-0.2, 0) is 28.7 Å². The van der Waals surface area contributed by atoms with Crippen LogP contribution in [0.2, 0.25) is 0 Å². The molecule has 1 aromatic rings. The molecule has 5 N–H and O–H groups in total. The molecule has 1 heterocycles. The van der Waals surface area contributed by atoms with Gasteiger partial charge >= 0.3 is 12.0 Å². The molecule has 1 saturated carbocycles. The minimum Gasteiger partial charge on any atom is -0.456 e. The average Bonchev–Trinajstić information content (AvgIpc) is 3.76. The second kappa shape index (κ2) is 17.7. The Morgan fingerprint density at radius 3 is 2.10 bits per heavy atom. The number of rotatable bonds is 15. The van der Waals surface area contributed by atoms with Crippen LogP contribution in [0.1, 0.15) is 92.2 Å². The van der Waals surface area contributed by atoms with Gasteiger partial charge in [0.1, 0.15) is 29.1 Å². The summed E-state index contributed by atoms with van der Waals surface area (Å²) >= 11 is 12.3. The number of halogens is 2. The Kier molecular flexibility index (Phi) is 14.5. The van der Waals surface area contributed by atoms with Crippen LogP contribution >= 0.6 is 23.2 Å². The summed E-state index contributed by atoms with van der Waals surface area (Å²) in [6.45, 7) is 13.0. The molecule has 1 saturated heterocycles. The first-order valence-electron chi connectivity index (χ1n) is 17.4. The molecule has 1 aliphatic heterocycles. The number of hydrogen-bond acceptors (Lipinski definition) is 7. The number of amides is 5. The first kappa shape index (κ1) is 41.8. The van der Waals surface area contributed by atoms with E-state index in [9.17, 15) is 28.8 Å². The number of nitrogens with zero attached hydrogens (tertiary/aromatic N) is 1. The maximum absolute atomic E-state index is 14.4. The Balaban J connectivity index is 1.85. The van der Waals surface area contributed by atoms with Crippen LogP contribution in [0.3, 0.4) is 0 Å². The van der Waals surface area contributed by atoms with Crippen LogP contribution in [0, 0.1) is 22.7 Å². The van der Waals surface area contributed by atoms with Crippen molar-refractivity contribution in [2.45, 2.75) is 116 Å². The molecule has 0 spiro atoms. The number of likely N-dealkylation sites (tertiary alicyclic amines) is 1. The average molecular weight is 751 g/mol. The summed E-state index contributed by atoms with van der Waals surface area (Å²) in [5.41, 5.74) is 4.89. The van der Waals surface area contributed by atoms with Gasteiger partial charge in [0.05, 0.1) is 6.04 Å². The van der Waals surface area contributed by atoms with Gasteiger partial charge in [0.15, 0.2) is 0 Å². The molecule has 14 heteroatoms. The molecule has 2 fully saturated rings. The van der Waals surface area contributed by atoms with E-state index in [1.165, 1.54) is 4.90 Å². The van der Waals surface area contributed by atoms with Crippen molar-refractivity contribution >= 4 is 58.7 Å². The number of Topliss-reactive ketones (excluding diaryl/α,β-unsaturated/α-hetero) is 1. The Morgan fingerprint density at radius 1 is 0.941 bits per heavy atom. The van der Waals surface area contributed by atoms with Gasteiger partial charge in [0, 0.05) is 6.54 Å². The van der Waals surface area contributed by atoms with Gasteiger partial charge in [-0.15, -0.1) is 23.2 Å². The zero-order valence-electron chi connectivity index (χ0n) is 30.5. The van der Waals surface area contributed by atoms with Crippen molar-refractivity contribution in [3.8, 4) is 0 Å². The number of ether oxygens (including phenoxy) is 1. The number of primary amides is 1. The molecule has 6 atom stereocenters. The standard InChI is InChI=1S/C37H53Cl2N5O7/c1-21(23-11-9-8-10-12-23)51-34(49)25(15-17-36(2,3)4)42-35(50)43-30(37(5,6)7)33(48)44-18-16-24(20-27(38)39)28(44)32(47)41-26(19-22-13-14-22)29(45)31(40)46/h8-12,15,17,21-22,24-28,30H,13-14,16,18-20H2,1-7H3,(H2,40,46)(H,41,47)(H2,42,43,50)/b17-15+/t21-,24+,25?,26?,28-,30+/m0/s1. The summed E-state index contributed by atoms with van der Waals surface area (Å²) in [7, 11) is 0. The zero-order chi connectivity index (χ0) is 38.3. The third-order valence-corrected chi connectivity index (χ3v) is 9.33. The van der Waals surface area contributed by atoms with Crippen LogP contribution in [0.15, 0.2) is 42.5 Å². The van der Waals surface area contributed by atoms with Gasteiger partial charge in [-0.1, -0.05) is 96.9 Å². The summed E-state index contributed by atoms with van der Waals surface area (Å²) in [4.78, 5) is 80.2. The summed E-state index contributed by atoms with van der Waals surface area (Å²) in [5.74, 6) is -4.24. The third-order valence-electron chi connectivity index (χ3n) is 8.98. The van der Waals surface area contributed by atoms with Crippen LogP contribution in [0.25, 0.3) is 0 Å². The minimum absolute atomic E-state index is 0.148. The molecule has 2 unspecified atom stereocenters. The quantitative estimate of drug-likeness (QED) is 0.0868. The SMILES string of the molecule is C[C@H](OC(=O)C(/C=C/C(C)(C)C)NC(=O)N[C@H](C(=O)N1CC[C@H](CC(Cl)Cl)[C@H]1C(=O)NC(CC1CC1)C(=O)C(N)=O)C(C)(C)C)c1ccccc1. The first-order chi connectivity index (χ1) is 23.7. The van der Waals surface area contributed by atoms with E-state index in [2.05, 4.69) is 16.0 Å². The monoisotopic (exact) mass is 749 g/mol. The van der Waals surface area contributed by atoms with Crippen molar-refractivity contribution < 1.29 is 33.5 Å². The lowest BCUT2D eigenvalue weighted by atomic mass is 9.85. The zero-order valence-corrected chi connectivity index (χ0v) is 32.1. The maximum Gasteiger partial charge on any atom is 0.333 e. The van der Waals surface area contributed by atoms with Crippen molar-refractivity contribution in [3.63, 3.8) is 0 Å². The fourth-order valence-electron chi connectivity index (χ4n) is 6.02. The van der Waals surface area contributed by atoms with Crippen molar-refractivity contribution in [3.05, 3.63) is 48.0 Å². The molecule has 5 amide bonds. The van der Waals surface area contributed by atoms with E-state index in [1.807, 2.05) is 51.1 Å². The van der Waals surface area contributed by atoms with Gasteiger partial charge in [0.25, 0.3) is 5.91 Å². The highest BCUT2D eigenvalue weighted by molar-refractivity contribution is 6.44. The second-order valence-electron chi connectivity index (χ2n) is 15.7. The minimum atomic E-state index is -1.18. The molecule has 2 aliphatic rings. The summed E-state index contributed by atoms with van der Waals surface area (Å²) in [6.07, 6.45) is 5.31. The van der Waals surface area contributed by atoms with Crippen LogP contribution in [0.5, 0.6) is 0 Å². The highest BCUT2D eigenvalue weighted by Crippen LogP contribution is 2.36. The molecule has 1 aromatic carbocycles. The number of carbonyl (C=O) groups excluding carboxylic acids is 6. The summed E-state index contributed by atoms with van der Waals surface area (Å²) in [5, 5.41) is 8.08. The first-order valence-corrected chi connectivity index (χ1v) is 18.3. The number of urea groups is 1. The molecule has 3 rings (SSSR count). The predicted octanol–water partition coefficient (Wildman–Crippen LogP) is 4.73. The number of carbonyl (C=O) groups is 6. The number of nitrogens with two attached hydrogens (primary N) is 1. The lowest BCUT2D eigenvalue weighted by Crippen LogP contribution is -2.61. The molecule has 12 nitrogen and oxygen atoms in total. The second-order valence-corrected chi connectivity index (χ2v) is 17.0. The Bertz CT molecular complexity index is 1450. The molecular formula is C37H53Cl2N5O7. The maximum atomic E-state index is 14.4. The van der Waals surface area contributed by atoms with Gasteiger partial charge in [-0.3, -0.25) is 19.2 Å². The largest absolute Gasteiger partial charge is 0.456 e. The Morgan fingerprint density at radius 2 is 1.57 bits per heavy atom. The molecule has 1 aliphatic carbocycles. The Hall–Kier alpha value is -3.64. The van der Waals surface area contributed by atoms with E-state index in [0.717, 1.165) is 18.4 Å². The fraction of sp³-hybridized carbons (Fsp3) is 0.622. The van der Waals surface area contributed by atoms with Crippen molar-refractivity contribution in [2.75, 3.05) is 6.54 Å². The topological polar surface area (TPSA) is 177 Å². The highest BCUT2D eigenvalue weighted by Gasteiger charge is 2.47. The van der Waals surface area contributed by atoms with E-state index in [0.29, 0.717) is 6.42 Å². The lowest BCUT2D eigenvalue weighted by Gasteiger charge is -2.36. The highest BCUT2D eigenvalue weighted by atomic mass is 35.5.